The van der Waals surface area contributed by atoms with Crippen molar-refractivity contribution < 1.29 is 9.59 Å². The minimum absolute atomic E-state index is 0.0439. The zero-order valence-corrected chi connectivity index (χ0v) is 11.0. The zero-order chi connectivity index (χ0) is 13.1. The fourth-order valence-corrected chi connectivity index (χ4v) is 0.810. The molecule has 0 saturated carbocycles. The van der Waals surface area contributed by atoms with Gasteiger partial charge in [-0.1, -0.05) is 27.7 Å². The van der Waals surface area contributed by atoms with Gasteiger partial charge in [0.05, 0.1) is 0 Å². The van der Waals surface area contributed by atoms with Crippen molar-refractivity contribution in [1.82, 2.24) is 4.98 Å². The quantitative estimate of drug-likeness (QED) is 0.720. The molecule has 0 unspecified atom stereocenters. The van der Waals surface area contributed by atoms with E-state index in [9.17, 15) is 9.59 Å². The third kappa shape index (κ3) is 6.06. The average Bonchev–Trinajstić information content (AvgIpc) is 2.34. The van der Waals surface area contributed by atoms with Crippen LogP contribution in [-0.2, 0) is 0 Å². The predicted molar refractivity (Wildman–Crippen MR) is 66.9 cm³/mol. The summed E-state index contributed by atoms with van der Waals surface area (Å²) in [7, 11) is 0. The molecule has 0 aromatic carbocycles. The number of aromatic nitrogens is 1. The number of carbonyl (C=O) groups excluding carboxylic acids is 2. The molecule has 0 N–H and O–H groups in total. The summed E-state index contributed by atoms with van der Waals surface area (Å²) in [6.07, 6.45) is 1.42. The van der Waals surface area contributed by atoms with E-state index in [4.69, 9.17) is 0 Å². The van der Waals surface area contributed by atoms with Crippen molar-refractivity contribution >= 4 is 11.6 Å². The second kappa shape index (κ2) is 10.0. The third-order valence-electron chi connectivity index (χ3n) is 1.53. The summed E-state index contributed by atoms with van der Waals surface area (Å²) in [5.74, 6) is -0.136. The molecule has 1 rings (SSSR count). The maximum atomic E-state index is 10.8. The van der Waals surface area contributed by atoms with E-state index in [1.54, 1.807) is 12.1 Å². The number of hydrogen-bond acceptors (Lipinski definition) is 3. The lowest BCUT2D eigenvalue weighted by atomic mass is 10.2. The highest BCUT2D eigenvalue weighted by molar-refractivity contribution is 5.95. The van der Waals surface area contributed by atoms with Gasteiger partial charge in [-0.3, -0.25) is 14.6 Å². The summed E-state index contributed by atoms with van der Waals surface area (Å²) >= 11 is 0. The van der Waals surface area contributed by atoms with Crippen molar-refractivity contribution in [3.8, 4) is 0 Å². The molecule has 1 aromatic heterocycles. The number of pyridine rings is 1. The second-order valence-electron chi connectivity index (χ2n) is 2.54. The molecule has 0 spiro atoms. The van der Waals surface area contributed by atoms with Gasteiger partial charge in [0.2, 0.25) is 0 Å². The minimum atomic E-state index is -0.0925. The highest BCUT2D eigenvalue weighted by atomic mass is 16.1. The molecule has 0 aliphatic carbocycles. The van der Waals surface area contributed by atoms with Crippen molar-refractivity contribution in [3.63, 3.8) is 0 Å². The van der Waals surface area contributed by atoms with Gasteiger partial charge in [-0.05, 0) is 19.1 Å². The van der Waals surface area contributed by atoms with Gasteiger partial charge in [-0.2, -0.15) is 0 Å². The molecule has 0 bridgehead atoms. The van der Waals surface area contributed by atoms with Gasteiger partial charge >= 0.3 is 0 Å². The van der Waals surface area contributed by atoms with Crippen LogP contribution < -0.4 is 0 Å². The Morgan fingerprint density at radius 2 is 1.44 bits per heavy atom. The Labute approximate surface area is 97.9 Å². The molecule has 3 heteroatoms. The van der Waals surface area contributed by atoms with Gasteiger partial charge < -0.3 is 0 Å². The van der Waals surface area contributed by atoms with E-state index in [-0.39, 0.29) is 11.6 Å². The molecule has 0 amide bonds. The lowest BCUT2D eigenvalue weighted by Gasteiger charge is -1.95. The molecule has 0 fully saturated rings. The SMILES string of the molecule is CC.CC.CC(=O)c1ccc(C(C)=O)nc1. The first-order chi connectivity index (χ1) is 7.61. The van der Waals surface area contributed by atoms with Gasteiger partial charge in [0, 0.05) is 18.7 Å². The monoisotopic (exact) mass is 223 g/mol. The molecule has 1 heterocycles. The lowest BCUT2D eigenvalue weighted by molar-refractivity contribution is 0.0997. The fourth-order valence-electron chi connectivity index (χ4n) is 0.810. The minimum Gasteiger partial charge on any atom is -0.294 e. The number of rotatable bonds is 2. The van der Waals surface area contributed by atoms with E-state index in [1.807, 2.05) is 27.7 Å². The number of carbonyl (C=O) groups is 2. The predicted octanol–water partition coefficient (Wildman–Crippen LogP) is 3.54. The summed E-state index contributed by atoms with van der Waals surface area (Å²) in [6, 6.07) is 3.16. The highest BCUT2D eigenvalue weighted by Gasteiger charge is 2.02. The summed E-state index contributed by atoms with van der Waals surface area (Å²) in [5, 5.41) is 0. The number of Topliss-reactive ketones (excluding diaryl/α,β-unsaturated/α-hetero) is 2. The molecule has 90 valence electrons. The van der Waals surface area contributed by atoms with Crippen molar-refractivity contribution in [2.24, 2.45) is 0 Å². The van der Waals surface area contributed by atoms with E-state index in [0.717, 1.165) is 0 Å². The van der Waals surface area contributed by atoms with Gasteiger partial charge in [0.15, 0.2) is 11.6 Å². The molecule has 0 saturated heterocycles. The van der Waals surface area contributed by atoms with E-state index < -0.39 is 0 Å². The van der Waals surface area contributed by atoms with Crippen LogP contribution in [0, 0.1) is 0 Å². The maximum absolute atomic E-state index is 10.8. The van der Waals surface area contributed by atoms with E-state index in [2.05, 4.69) is 4.98 Å². The first kappa shape index (κ1) is 16.9. The zero-order valence-electron chi connectivity index (χ0n) is 11.0. The summed E-state index contributed by atoms with van der Waals surface area (Å²) in [6.45, 7) is 10.9. The van der Waals surface area contributed by atoms with Crippen LogP contribution in [0.25, 0.3) is 0 Å². The maximum Gasteiger partial charge on any atom is 0.178 e. The first-order valence-electron chi connectivity index (χ1n) is 5.59. The number of ketones is 2. The molecule has 3 nitrogen and oxygen atoms in total. The normalized spacial score (nSPS) is 7.88. The fraction of sp³-hybridized carbons (Fsp3) is 0.462. The Bertz CT molecular complexity index is 282. The van der Waals surface area contributed by atoms with Crippen LogP contribution >= 0.6 is 0 Å². The Balaban J connectivity index is 0. The molecule has 0 aliphatic heterocycles. The Hall–Kier alpha value is -1.51. The van der Waals surface area contributed by atoms with Crippen molar-refractivity contribution in [2.45, 2.75) is 41.5 Å². The lowest BCUT2D eigenvalue weighted by Crippen LogP contribution is -1.99. The first-order valence-corrected chi connectivity index (χ1v) is 5.59. The molecular formula is C13H21NO2. The Kier molecular flexibility index (Phi) is 10.6. The molecule has 0 radical (unpaired) electrons. The van der Waals surface area contributed by atoms with E-state index >= 15 is 0 Å². The smallest absolute Gasteiger partial charge is 0.178 e. The van der Waals surface area contributed by atoms with Crippen molar-refractivity contribution in [1.29, 1.82) is 0 Å². The van der Waals surface area contributed by atoms with E-state index in [0.29, 0.717) is 11.3 Å². The van der Waals surface area contributed by atoms with Gasteiger partial charge in [-0.15, -0.1) is 0 Å². The number of hydrogen-bond donors (Lipinski definition) is 0. The third-order valence-corrected chi connectivity index (χ3v) is 1.53. The molecule has 0 aliphatic rings. The molecule has 16 heavy (non-hydrogen) atoms. The van der Waals surface area contributed by atoms with Crippen LogP contribution in [0.2, 0.25) is 0 Å². The highest BCUT2D eigenvalue weighted by Crippen LogP contribution is 2.01. The van der Waals surface area contributed by atoms with Gasteiger partial charge in [-0.25, -0.2) is 0 Å². The van der Waals surface area contributed by atoms with Crippen LogP contribution in [0.5, 0.6) is 0 Å². The molecular weight excluding hydrogens is 202 g/mol. The van der Waals surface area contributed by atoms with Gasteiger partial charge in [0.25, 0.3) is 0 Å². The Morgan fingerprint density at radius 3 is 1.69 bits per heavy atom. The van der Waals surface area contributed by atoms with Gasteiger partial charge in [0.1, 0.15) is 5.69 Å². The van der Waals surface area contributed by atoms with Crippen LogP contribution in [0.3, 0.4) is 0 Å². The van der Waals surface area contributed by atoms with Crippen LogP contribution in [0.1, 0.15) is 62.4 Å². The summed E-state index contributed by atoms with van der Waals surface area (Å²) in [5.41, 5.74) is 0.917. The second-order valence-corrected chi connectivity index (χ2v) is 2.54. The van der Waals surface area contributed by atoms with E-state index in [1.165, 1.54) is 20.0 Å². The number of nitrogens with zero attached hydrogens (tertiary/aromatic N) is 1. The van der Waals surface area contributed by atoms with Crippen LogP contribution in [0.4, 0.5) is 0 Å². The van der Waals surface area contributed by atoms with Crippen LogP contribution in [-0.4, -0.2) is 16.6 Å². The topological polar surface area (TPSA) is 47.0 Å². The standard InChI is InChI=1S/C9H9NO2.2C2H6/c1-6(11)8-3-4-9(7(2)12)10-5-8;2*1-2/h3-5H,1-2H3;2*1-2H3. The van der Waals surface area contributed by atoms with Crippen molar-refractivity contribution in [2.75, 3.05) is 0 Å². The molecule has 0 atom stereocenters. The average molecular weight is 223 g/mol. The van der Waals surface area contributed by atoms with Crippen molar-refractivity contribution in [3.05, 3.63) is 29.6 Å². The molecule has 1 aromatic rings. The van der Waals surface area contributed by atoms with Crippen LogP contribution in [0.15, 0.2) is 18.3 Å². The summed E-state index contributed by atoms with van der Waals surface area (Å²) in [4.78, 5) is 25.4. The Morgan fingerprint density at radius 1 is 0.938 bits per heavy atom. The largest absolute Gasteiger partial charge is 0.294 e. The summed E-state index contributed by atoms with van der Waals surface area (Å²) < 4.78 is 0.